The highest BCUT2D eigenvalue weighted by Gasteiger charge is 2.13. The van der Waals surface area contributed by atoms with Gasteiger partial charge < -0.3 is 5.73 Å². The quantitative estimate of drug-likeness (QED) is 0.717. The van der Waals surface area contributed by atoms with Crippen molar-refractivity contribution in [2.45, 2.75) is 18.4 Å². The monoisotopic (exact) mass is 208 g/mol. The van der Waals surface area contributed by atoms with E-state index in [1.165, 1.54) is 22.8 Å². The van der Waals surface area contributed by atoms with Crippen molar-refractivity contribution in [3.05, 3.63) is 23.8 Å². The number of hydrogen-bond acceptors (Lipinski definition) is 3. The van der Waals surface area contributed by atoms with Crippen LogP contribution in [0, 0.1) is 0 Å². The SMILES string of the molecule is CCN1CCSc2ccc(N)cc2C1. The Kier molecular flexibility index (Phi) is 2.99. The fraction of sp³-hybridized carbons (Fsp3) is 0.455. The average Bonchev–Trinajstić information content (AvgIpc) is 2.38. The van der Waals surface area contributed by atoms with Crippen LogP contribution in [-0.4, -0.2) is 23.7 Å². The summed E-state index contributed by atoms with van der Waals surface area (Å²) in [5.74, 6) is 1.19. The third-order valence-corrected chi connectivity index (χ3v) is 3.69. The van der Waals surface area contributed by atoms with Crippen molar-refractivity contribution in [3.8, 4) is 0 Å². The molecule has 0 saturated carbocycles. The molecule has 0 fully saturated rings. The second-order valence-corrected chi connectivity index (χ2v) is 4.72. The van der Waals surface area contributed by atoms with E-state index in [2.05, 4.69) is 24.0 Å². The number of rotatable bonds is 1. The molecule has 0 atom stereocenters. The van der Waals surface area contributed by atoms with E-state index >= 15 is 0 Å². The van der Waals surface area contributed by atoms with E-state index in [0.717, 1.165) is 18.8 Å². The van der Waals surface area contributed by atoms with E-state index in [9.17, 15) is 0 Å². The number of anilines is 1. The lowest BCUT2D eigenvalue weighted by molar-refractivity contribution is 0.299. The van der Waals surface area contributed by atoms with Gasteiger partial charge in [0.25, 0.3) is 0 Å². The molecule has 1 aliphatic heterocycles. The fourth-order valence-electron chi connectivity index (χ4n) is 1.74. The molecule has 76 valence electrons. The molecule has 0 bridgehead atoms. The number of benzene rings is 1. The minimum atomic E-state index is 0.877. The normalized spacial score (nSPS) is 17.5. The minimum Gasteiger partial charge on any atom is -0.399 e. The molecule has 0 radical (unpaired) electrons. The van der Waals surface area contributed by atoms with E-state index in [1.54, 1.807) is 0 Å². The van der Waals surface area contributed by atoms with Crippen LogP contribution in [0.3, 0.4) is 0 Å². The summed E-state index contributed by atoms with van der Waals surface area (Å²) in [6, 6.07) is 6.25. The summed E-state index contributed by atoms with van der Waals surface area (Å²) in [6.45, 7) is 5.55. The zero-order valence-electron chi connectivity index (χ0n) is 8.49. The summed E-state index contributed by atoms with van der Waals surface area (Å²) >= 11 is 1.94. The predicted octanol–water partition coefficient (Wildman–Crippen LogP) is 2.20. The molecule has 1 aliphatic rings. The Labute approximate surface area is 89.5 Å². The summed E-state index contributed by atoms with van der Waals surface area (Å²) in [7, 11) is 0. The number of nitrogens with zero attached hydrogens (tertiary/aromatic N) is 1. The first-order chi connectivity index (χ1) is 6.79. The van der Waals surface area contributed by atoms with Crippen LogP contribution in [0.2, 0.25) is 0 Å². The van der Waals surface area contributed by atoms with Crippen molar-refractivity contribution in [3.63, 3.8) is 0 Å². The first-order valence-electron chi connectivity index (χ1n) is 5.03. The van der Waals surface area contributed by atoms with Crippen LogP contribution in [0.1, 0.15) is 12.5 Å². The Balaban J connectivity index is 2.28. The highest BCUT2D eigenvalue weighted by atomic mass is 32.2. The lowest BCUT2D eigenvalue weighted by Gasteiger charge is -2.17. The van der Waals surface area contributed by atoms with E-state index in [0.29, 0.717) is 0 Å². The molecule has 0 spiro atoms. The molecular weight excluding hydrogens is 192 g/mol. The fourth-order valence-corrected chi connectivity index (χ4v) is 2.78. The molecule has 3 heteroatoms. The first kappa shape index (κ1) is 9.87. The van der Waals surface area contributed by atoms with Crippen molar-refractivity contribution in [1.82, 2.24) is 4.90 Å². The molecule has 2 rings (SSSR count). The molecule has 0 unspecified atom stereocenters. The van der Waals surface area contributed by atoms with E-state index in [4.69, 9.17) is 5.73 Å². The van der Waals surface area contributed by atoms with Crippen LogP contribution < -0.4 is 5.73 Å². The van der Waals surface area contributed by atoms with Crippen LogP contribution in [0.4, 0.5) is 5.69 Å². The largest absolute Gasteiger partial charge is 0.399 e. The van der Waals surface area contributed by atoms with Crippen molar-refractivity contribution >= 4 is 17.4 Å². The topological polar surface area (TPSA) is 29.3 Å². The van der Waals surface area contributed by atoms with Crippen molar-refractivity contribution < 1.29 is 0 Å². The number of fused-ring (bicyclic) bond motifs is 1. The molecule has 0 aromatic heterocycles. The highest BCUT2D eigenvalue weighted by molar-refractivity contribution is 7.99. The zero-order valence-corrected chi connectivity index (χ0v) is 9.31. The Morgan fingerprint density at radius 3 is 3.14 bits per heavy atom. The van der Waals surface area contributed by atoms with Gasteiger partial charge in [-0.15, -0.1) is 11.8 Å². The van der Waals surface area contributed by atoms with Gasteiger partial charge in [-0.05, 0) is 30.3 Å². The van der Waals surface area contributed by atoms with Gasteiger partial charge in [0.05, 0.1) is 0 Å². The van der Waals surface area contributed by atoms with Gasteiger partial charge in [0.1, 0.15) is 0 Å². The van der Waals surface area contributed by atoms with E-state index in [-0.39, 0.29) is 0 Å². The van der Waals surface area contributed by atoms with Crippen LogP contribution in [0.15, 0.2) is 23.1 Å². The summed E-state index contributed by atoms with van der Waals surface area (Å²) < 4.78 is 0. The summed E-state index contributed by atoms with van der Waals surface area (Å²) in [5.41, 5.74) is 8.05. The van der Waals surface area contributed by atoms with Crippen LogP contribution >= 0.6 is 11.8 Å². The summed E-state index contributed by atoms with van der Waals surface area (Å²) in [4.78, 5) is 3.85. The molecular formula is C11H16N2S. The standard InChI is InChI=1S/C11H16N2S/c1-2-13-5-6-14-11-4-3-10(12)7-9(11)8-13/h3-4,7H,2,5-6,8,12H2,1H3. The van der Waals surface area contributed by atoms with Crippen LogP contribution in [0.5, 0.6) is 0 Å². The molecule has 2 nitrogen and oxygen atoms in total. The minimum absolute atomic E-state index is 0.877. The van der Waals surface area contributed by atoms with Gasteiger partial charge >= 0.3 is 0 Å². The third-order valence-electron chi connectivity index (χ3n) is 2.59. The number of nitrogen functional groups attached to an aromatic ring is 1. The molecule has 0 saturated heterocycles. The Morgan fingerprint density at radius 1 is 1.50 bits per heavy atom. The van der Waals surface area contributed by atoms with E-state index < -0.39 is 0 Å². The first-order valence-corrected chi connectivity index (χ1v) is 6.01. The van der Waals surface area contributed by atoms with Crippen molar-refractivity contribution in [2.24, 2.45) is 0 Å². The second-order valence-electron chi connectivity index (χ2n) is 3.58. The zero-order chi connectivity index (χ0) is 9.97. The molecule has 14 heavy (non-hydrogen) atoms. The summed E-state index contributed by atoms with van der Waals surface area (Å²) in [5, 5.41) is 0. The molecule has 0 amide bonds. The number of hydrogen-bond donors (Lipinski definition) is 1. The Bertz CT molecular complexity index is 325. The lowest BCUT2D eigenvalue weighted by Crippen LogP contribution is -2.23. The van der Waals surface area contributed by atoms with E-state index in [1.807, 2.05) is 17.8 Å². The van der Waals surface area contributed by atoms with Gasteiger partial charge in [-0.1, -0.05) is 6.92 Å². The maximum Gasteiger partial charge on any atom is 0.0318 e. The predicted molar refractivity (Wildman–Crippen MR) is 62.5 cm³/mol. The highest BCUT2D eigenvalue weighted by Crippen LogP contribution is 2.28. The lowest BCUT2D eigenvalue weighted by atomic mass is 10.2. The molecule has 1 aromatic carbocycles. The Morgan fingerprint density at radius 2 is 2.36 bits per heavy atom. The van der Waals surface area contributed by atoms with Gasteiger partial charge in [0.2, 0.25) is 0 Å². The van der Waals surface area contributed by atoms with Gasteiger partial charge in [0, 0.05) is 29.4 Å². The third kappa shape index (κ3) is 2.04. The number of thioether (sulfide) groups is 1. The molecule has 0 aliphatic carbocycles. The van der Waals surface area contributed by atoms with Gasteiger partial charge in [-0.2, -0.15) is 0 Å². The van der Waals surface area contributed by atoms with Gasteiger partial charge in [-0.25, -0.2) is 0 Å². The van der Waals surface area contributed by atoms with Crippen LogP contribution in [-0.2, 0) is 6.54 Å². The number of nitrogens with two attached hydrogens (primary N) is 1. The molecule has 1 heterocycles. The van der Waals surface area contributed by atoms with Crippen molar-refractivity contribution in [2.75, 3.05) is 24.6 Å². The summed E-state index contributed by atoms with van der Waals surface area (Å²) in [6.07, 6.45) is 0. The molecule has 2 N–H and O–H groups in total. The van der Waals surface area contributed by atoms with Gasteiger partial charge in [0.15, 0.2) is 0 Å². The van der Waals surface area contributed by atoms with Crippen LogP contribution in [0.25, 0.3) is 0 Å². The average molecular weight is 208 g/mol. The van der Waals surface area contributed by atoms with Crippen molar-refractivity contribution in [1.29, 1.82) is 0 Å². The van der Waals surface area contributed by atoms with Gasteiger partial charge in [-0.3, -0.25) is 4.90 Å². The molecule has 1 aromatic rings. The second kappa shape index (κ2) is 4.24. The maximum absolute atomic E-state index is 5.79. The maximum atomic E-state index is 5.79. The smallest absolute Gasteiger partial charge is 0.0318 e. The Hall–Kier alpha value is -0.670.